The molecule has 2 aromatic heterocycles. The molecule has 29 heavy (non-hydrogen) atoms. The largest absolute Gasteiger partial charge is 0.314 e. The molecule has 4 nitrogen and oxygen atoms in total. The average Bonchev–Trinajstić information content (AvgIpc) is 2.72. The van der Waals surface area contributed by atoms with Gasteiger partial charge in [-0.2, -0.15) is 0 Å². The van der Waals surface area contributed by atoms with Crippen LogP contribution in [0.25, 0.3) is 16.6 Å². The maximum atomic E-state index is 13.0. The van der Waals surface area contributed by atoms with Crippen LogP contribution >= 0.6 is 39.1 Å². The van der Waals surface area contributed by atoms with Crippen molar-refractivity contribution in [1.82, 2.24) is 14.9 Å². The van der Waals surface area contributed by atoms with Crippen molar-refractivity contribution in [2.24, 2.45) is 0 Å². The monoisotopic (exact) mass is 487 g/mol. The average molecular weight is 489 g/mol. The van der Waals surface area contributed by atoms with Gasteiger partial charge in [0.1, 0.15) is 4.60 Å². The Kier molecular flexibility index (Phi) is 6.01. The standard InChI is InChI=1S/C22H16BrCl2N3O/c23-21-8-5-14(11-27-21)10-26-12-15-13-28(19-4-2-1-3-18(19)25)20-9-16(24)6-7-17(20)22(15)29/h1-9,11,13,26H,10,12H2. The Bertz CT molecular complexity index is 1240. The predicted octanol–water partition coefficient (Wildman–Crippen LogP) is 5.74. The van der Waals surface area contributed by atoms with Crippen LogP contribution in [0.2, 0.25) is 10.0 Å². The third-order valence-corrected chi connectivity index (χ3v) is 5.61. The minimum atomic E-state index is -0.0265. The zero-order valence-corrected chi connectivity index (χ0v) is 18.3. The van der Waals surface area contributed by atoms with Gasteiger partial charge in [0, 0.05) is 41.5 Å². The SMILES string of the molecule is O=c1c(CNCc2ccc(Br)nc2)cn(-c2ccccc2Cl)c2cc(Cl)ccc12. The van der Waals surface area contributed by atoms with E-state index in [-0.39, 0.29) is 5.43 Å². The van der Waals surface area contributed by atoms with Crippen LogP contribution in [-0.2, 0) is 13.1 Å². The minimum absolute atomic E-state index is 0.0265. The summed E-state index contributed by atoms with van der Waals surface area (Å²) < 4.78 is 2.71. The van der Waals surface area contributed by atoms with Crippen molar-refractivity contribution in [2.45, 2.75) is 13.1 Å². The van der Waals surface area contributed by atoms with Gasteiger partial charge in [-0.25, -0.2) is 4.98 Å². The van der Waals surface area contributed by atoms with E-state index in [1.54, 1.807) is 24.4 Å². The van der Waals surface area contributed by atoms with Gasteiger partial charge >= 0.3 is 0 Å². The number of rotatable bonds is 5. The molecule has 2 aromatic carbocycles. The maximum Gasteiger partial charge on any atom is 0.193 e. The van der Waals surface area contributed by atoms with Crippen LogP contribution < -0.4 is 10.7 Å². The van der Waals surface area contributed by atoms with Gasteiger partial charge in [-0.05, 0) is 57.9 Å². The Morgan fingerprint density at radius 2 is 1.86 bits per heavy atom. The third-order valence-electron chi connectivity index (χ3n) is 4.59. The summed E-state index contributed by atoms with van der Waals surface area (Å²) in [5.74, 6) is 0. The van der Waals surface area contributed by atoms with Gasteiger partial charge in [0.25, 0.3) is 0 Å². The fourth-order valence-corrected chi connectivity index (χ4v) is 3.81. The summed E-state index contributed by atoms with van der Waals surface area (Å²) in [6.45, 7) is 1.02. The van der Waals surface area contributed by atoms with Crippen LogP contribution in [0.15, 0.2) is 76.4 Å². The Labute approximate surface area is 186 Å². The first-order valence-electron chi connectivity index (χ1n) is 8.93. The second-order valence-electron chi connectivity index (χ2n) is 6.56. The molecule has 146 valence electrons. The Morgan fingerprint density at radius 3 is 2.62 bits per heavy atom. The molecule has 1 N–H and O–H groups in total. The van der Waals surface area contributed by atoms with E-state index in [1.807, 2.05) is 47.2 Å². The van der Waals surface area contributed by atoms with Gasteiger partial charge in [-0.3, -0.25) is 4.79 Å². The first-order chi connectivity index (χ1) is 14.0. The number of nitrogens with one attached hydrogen (secondary N) is 1. The van der Waals surface area contributed by atoms with Crippen molar-refractivity contribution in [3.05, 3.63) is 103 Å². The van der Waals surface area contributed by atoms with Gasteiger partial charge in [0.05, 0.1) is 16.2 Å². The molecule has 0 spiro atoms. The molecule has 7 heteroatoms. The van der Waals surface area contributed by atoms with Gasteiger partial charge in [0.2, 0.25) is 0 Å². The molecule has 0 unspecified atom stereocenters. The van der Waals surface area contributed by atoms with E-state index in [9.17, 15) is 4.79 Å². The van der Waals surface area contributed by atoms with Crippen LogP contribution in [0, 0.1) is 0 Å². The molecule has 0 aliphatic carbocycles. The van der Waals surface area contributed by atoms with Crippen LogP contribution in [0.5, 0.6) is 0 Å². The van der Waals surface area contributed by atoms with E-state index in [2.05, 4.69) is 26.2 Å². The number of hydrogen-bond donors (Lipinski definition) is 1. The van der Waals surface area contributed by atoms with E-state index in [0.29, 0.717) is 34.1 Å². The molecule has 0 saturated carbocycles. The highest BCUT2D eigenvalue weighted by molar-refractivity contribution is 9.10. The first-order valence-corrected chi connectivity index (χ1v) is 10.5. The van der Waals surface area contributed by atoms with Gasteiger partial charge in [0.15, 0.2) is 5.43 Å². The number of nitrogens with zero attached hydrogens (tertiary/aromatic N) is 2. The number of pyridine rings is 2. The molecule has 0 atom stereocenters. The molecular formula is C22H16BrCl2N3O. The van der Waals surface area contributed by atoms with Crippen molar-refractivity contribution in [2.75, 3.05) is 0 Å². The number of hydrogen-bond acceptors (Lipinski definition) is 3. The van der Waals surface area contributed by atoms with Crippen molar-refractivity contribution < 1.29 is 0 Å². The molecular weight excluding hydrogens is 473 g/mol. The lowest BCUT2D eigenvalue weighted by atomic mass is 10.1. The number of para-hydroxylation sites is 1. The fourth-order valence-electron chi connectivity index (χ4n) is 3.18. The van der Waals surface area contributed by atoms with Crippen molar-refractivity contribution in [3.63, 3.8) is 0 Å². The molecule has 0 fully saturated rings. The molecule has 4 rings (SSSR count). The fraction of sp³-hybridized carbons (Fsp3) is 0.0909. The first kappa shape index (κ1) is 20.1. The number of benzene rings is 2. The number of halogens is 3. The predicted molar refractivity (Wildman–Crippen MR) is 122 cm³/mol. The lowest BCUT2D eigenvalue weighted by Crippen LogP contribution is -2.21. The zero-order chi connectivity index (χ0) is 20.4. The van der Waals surface area contributed by atoms with Crippen LogP contribution in [0.1, 0.15) is 11.1 Å². The molecule has 4 aromatic rings. The Balaban J connectivity index is 1.73. The van der Waals surface area contributed by atoms with Crippen LogP contribution in [0.4, 0.5) is 0 Å². The smallest absolute Gasteiger partial charge is 0.193 e. The van der Waals surface area contributed by atoms with E-state index in [4.69, 9.17) is 23.2 Å². The summed E-state index contributed by atoms with van der Waals surface area (Å²) in [5, 5.41) is 5.07. The van der Waals surface area contributed by atoms with Gasteiger partial charge in [-0.15, -0.1) is 0 Å². The van der Waals surface area contributed by atoms with Crippen molar-refractivity contribution in [3.8, 4) is 5.69 Å². The third kappa shape index (κ3) is 4.38. The molecule has 0 amide bonds. The number of aromatic nitrogens is 2. The molecule has 0 aliphatic rings. The van der Waals surface area contributed by atoms with E-state index >= 15 is 0 Å². The molecule has 0 aliphatic heterocycles. The summed E-state index contributed by atoms with van der Waals surface area (Å²) in [5.41, 5.74) is 3.16. The van der Waals surface area contributed by atoms with Gasteiger partial charge < -0.3 is 9.88 Å². The van der Waals surface area contributed by atoms with Crippen molar-refractivity contribution >= 4 is 50.0 Å². The van der Waals surface area contributed by atoms with Crippen LogP contribution in [-0.4, -0.2) is 9.55 Å². The lowest BCUT2D eigenvalue weighted by molar-refractivity contribution is 0.685. The quantitative estimate of drug-likeness (QED) is 0.364. The minimum Gasteiger partial charge on any atom is -0.314 e. The summed E-state index contributed by atoms with van der Waals surface area (Å²) >= 11 is 16.0. The summed E-state index contributed by atoms with van der Waals surface area (Å²) in [6.07, 6.45) is 3.62. The maximum absolute atomic E-state index is 13.0. The molecule has 0 saturated heterocycles. The molecule has 0 bridgehead atoms. The highest BCUT2D eigenvalue weighted by Gasteiger charge is 2.12. The zero-order valence-electron chi connectivity index (χ0n) is 15.2. The molecule has 2 heterocycles. The van der Waals surface area contributed by atoms with E-state index < -0.39 is 0 Å². The van der Waals surface area contributed by atoms with E-state index in [1.165, 1.54) is 0 Å². The topological polar surface area (TPSA) is 46.9 Å². The van der Waals surface area contributed by atoms with Crippen LogP contribution in [0.3, 0.4) is 0 Å². The van der Waals surface area contributed by atoms with E-state index in [0.717, 1.165) is 21.4 Å². The normalized spacial score (nSPS) is 11.1. The Hall–Kier alpha value is -2.18. The molecule has 0 radical (unpaired) electrons. The summed E-state index contributed by atoms with van der Waals surface area (Å²) in [7, 11) is 0. The summed E-state index contributed by atoms with van der Waals surface area (Å²) in [4.78, 5) is 17.3. The highest BCUT2D eigenvalue weighted by atomic mass is 79.9. The van der Waals surface area contributed by atoms with Crippen molar-refractivity contribution in [1.29, 1.82) is 0 Å². The van der Waals surface area contributed by atoms with Gasteiger partial charge in [-0.1, -0.05) is 41.4 Å². The summed E-state index contributed by atoms with van der Waals surface area (Å²) in [6, 6.07) is 16.7. The second-order valence-corrected chi connectivity index (χ2v) is 8.22. The highest BCUT2D eigenvalue weighted by Crippen LogP contribution is 2.26. The lowest BCUT2D eigenvalue weighted by Gasteiger charge is -2.15. The Morgan fingerprint density at radius 1 is 1.03 bits per heavy atom. The number of fused-ring (bicyclic) bond motifs is 1. The second kappa shape index (κ2) is 8.67.